The lowest BCUT2D eigenvalue weighted by Gasteiger charge is -2.17. The molecule has 1 atom stereocenters. The van der Waals surface area contributed by atoms with Gasteiger partial charge in [-0.05, 0) is 19.3 Å². The van der Waals surface area contributed by atoms with Crippen LogP contribution in [0.3, 0.4) is 0 Å². The van der Waals surface area contributed by atoms with E-state index in [9.17, 15) is 13.5 Å². The highest BCUT2D eigenvalue weighted by Gasteiger charge is 2.24. The van der Waals surface area contributed by atoms with Crippen LogP contribution in [0, 0.1) is 0 Å². The van der Waals surface area contributed by atoms with Gasteiger partial charge in [0, 0.05) is 13.1 Å². The normalized spacial score (nSPS) is 27.1. The van der Waals surface area contributed by atoms with Gasteiger partial charge < -0.3 is 5.11 Å². The third kappa shape index (κ3) is 3.09. The van der Waals surface area contributed by atoms with E-state index in [0.717, 1.165) is 0 Å². The summed E-state index contributed by atoms with van der Waals surface area (Å²) in [4.78, 5) is 0. The van der Waals surface area contributed by atoms with Crippen LogP contribution in [0.5, 0.6) is 0 Å². The first-order valence-electron chi connectivity index (χ1n) is 4.28. The van der Waals surface area contributed by atoms with Crippen LogP contribution in [0.15, 0.2) is 0 Å². The molecular weight excluding hydrogens is 214 g/mol. The number of rotatable bonds is 2. The minimum absolute atomic E-state index is 0.365. The molecule has 1 N–H and O–H groups in total. The monoisotopic (exact) mass is 227 g/mol. The Morgan fingerprint density at radius 1 is 1.38 bits per heavy atom. The van der Waals surface area contributed by atoms with Gasteiger partial charge in [-0.25, -0.2) is 12.7 Å². The van der Waals surface area contributed by atoms with Gasteiger partial charge in [0.05, 0.1) is 6.10 Å². The van der Waals surface area contributed by atoms with Gasteiger partial charge in [0.2, 0.25) is 10.0 Å². The molecule has 0 saturated carbocycles. The van der Waals surface area contributed by atoms with Gasteiger partial charge in [0.25, 0.3) is 0 Å². The molecule has 0 aromatic heterocycles. The summed E-state index contributed by atoms with van der Waals surface area (Å²) in [5.41, 5.74) is 0. The molecule has 1 aliphatic heterocycles. The molecule has 0 amide bonds. The SMILES string of the molecule is O=S(=O)(CCl)N1CCCC(O)CC1. The standard InChI is InChI=1S/C7H14ClNO3S/c8-6-13(11,12)9-4-1-2-7(10)3-5-9/h7,10H,1-6H2. The Morgan fingerprint density at radius 3 is 2.69 bits per heavy atom. The molecular formula is C7H14ClNO3S. The molecule has 0 aromatic carbocycles. The largest absolute Gasteiger partial charge is 0.393 e. The summed E-state index contributed by atoms with van der Waals surface area (Å²) in [6, 6.07) is 0. The summed E-state index contributed by atoms with van der Waals surface area (Å²) >= 11 is 5.32. The molecule has 0 bridgehead atoms. The third-order valence-electron chi connectivity index (χ3n) is 2.19. The molecule has 0 aromatic rings. The van der Waals surface area contributed by atoms with E-state index in [2.05, 4.69) is 0 Å². The highest BCUT2D eigenvalue weighted by atomic mass is 35.5. The lowest BCUT2D eigenvalue weighted by molar-refractivity contribution is 0.159. The topological polar surface area (TPSA) is 57.6 Å². The second-order valence-corrected chi connectivity index (χ2v) is 5.76. The van der Waals surface area contributed by atoms with E-state index in [1.54, 1.807) is 0 Å². The molecule has 1 aliphatic rings. The van der Waals surface area contributed by atoms with Crippen LogP contribution in [-0.4, -0.2) is 42.2 Å². The quantitative estimate of drug-likeness (QED) is 0.693. The molecule has 0 radical (unpaired) electrons. The van der Waals surface area contributed by atoms with Crippen LogP contribution in [0.25, 0.3) is 0 Å². The average Bonchev–Trinajstić information content (AvgIpc) is 2.30. The maximum absolute atomic E-state index is 11.3. The fraction of sp³-hybridized carbons (Fsp3) is 1.00. The molecule has 13 heavy (non-hydrogen) atoms. The summed E-state index contributed by atoms with van der Waals surface area (Å²) in [5.74, 6) is 0. The Labute approximate surface area is 83.5 Å². The zero-order valence-electron chi connectivity index (χ0n) is 7.32. The van der Waals surface area contributed by atoms with E-state index in [4.69, 9.17) is 11.6 Å². The summed E-state index contributed by atoms with van der Waals surface area (Å²) in [5, 5.41) is 8.92. The first-order chi connectivity index (χ1) is 6.06. The minimum Gasteiger partial charge on any atom is -0.393 e. The maximum atomic E-state index is 11.3. The van der Waals surface area contributed by atoms with Crippen molar-refractivity contribution in [3.8, 4) is 0 Å². The summed E-state index contributed by atoms with van der Waals surface area (Å²) in [6.45, 7) is 0.863. The summed E-state index contributed by atoms with van der Waals surface area (Å²) in [6.07, 6.45) is 1.53. The van der Waals surface area contributed by atoms with Crippen LogP contribution in [0.4, 0.5) is 0 Å². The van der Waals surface area contributed by atoms with Gasteiger partial charge in [-0.1, -0.05) is 0 Å². The van der Waals surface area contributed by atoms with Gasteiger partial charge >= 0.3 is 0 Å². The van der Waals surface area contributed by atoms with Crippen LogP contribution in [0.2, 0.25) is 0 Å². The van der Waals surface area contributed by atoms with Crippen LogP contribution < -0.4 is 0 Å². The second kappa shape index (κ2) is 4.59. The third-order valence-corrected chi connectivity index (χ3v) is 4.44. The zero-order chi connectivity index (χ0) is 9.90. The number of aliphatic hydroxyl groups excluding tert-OH is 1. The summed E-state index contributed by atoms with van der Waals surface area (Å²) < 4.78 is 24.0. The van der Waals surface area contributed by atoms with Crippen molar-refractivity contribution in [2.45, 2.75) is 25.4 Å². The van der Waals surface area contributed by atoms with Gasteiger partial charge in [-0.2, -0.15) is 0 Å². The van der Waals surface area contributed by atoms with Crippen molar-refractivity contribution in [1.82, 2.24) is 4.31 Å². The lowest BCUT2D eigenvalue weighted by atomic mass is 10.2. The number of hydrogen-bond donors (Lipinski definition) is 1. The van der Waals surface area contributed by atoms with Crippen LogP contribution in [0.1, 0.15) is 19.3 Å². The van der Waals surface area contributed by atoms with Crippen LogP contribution >= 0.6 is 11.6 Å². The first kappa shape index (κ1) is 11.2. The van der Waals surface area contributed by atoms with Crippen molar-refractivity contribution in [3.63, 3.8) is 0 Å². The minimum atomic E-state index is -3.28. The smallest absolute Gasteiger partial charge is 0.228 e. The predicted octanol–water partition coefficient (Wildman–Crippen LogP) is 0.359. The van der Waals surface area contributed by atoms with Crippen molar-refractivity contribution < 1.29 is 13.5 Å². The average molecular weight is 228 g/mol. The van der Waals surface area contributed by atoms with E-state index in [1.807, 2.05) is 0 Å². The molecule has 1 unspecified atom stereocenters. The van der Waals surface area contributed by atoms with Crippen molar-refractivity contribution in [3.05, 3.63) is 0 Å². The number of halogens is 1. The Kier molecular flexibility index (Phi) is 3.97. The Bertz CT molecular complexity index is 254. The number of sulfonamides is 1. The highest BCUT2D eigenvalue weighted by Crippen LogP contribution is 2.14. The van der Waals surface area contributed by atoms with Crippen LogP contribution in [-0.2, 0) is 10.0 Å². The second-order valence-electron chi connectivity index (χ2n) is 3.20. The first-order valence-corrected chi connectivity index (χ1v) is 6.42. The zero-order valence-corrected chi connectivity index (χ0v) is 8.89. The molecule has 1 fully saturated rings. The Hall–Kier alpha value is 0.160. The molecule has 4 nitrogen and oxygen atoms in total. The van der Waals surface area contributed by atoms with E-state index < -0.39 is 10.0 Å². The van der Waals surface area contributed by atoms with E-state index in [1.165, 1.54) is 4.31 Å². The molecule has 1 rings (SSSR count). The molecule has 6 heteroatoms. The molecule has 0 spiro atoms. The number of nitrogens with zero attached hydrogens (tertiary/aromatic N) is 1. The molecule has 1 heterocycles. The highest BCUT2D eigenvalue weighted by molar-refractivity contribution is 7.90. The van der Waals surface area contributed by atoms with Crippen molar-refractivity contribution in [1.29, 1.82) is 0 Å². The molecule has 78 valence electrons. The van der Waals surface area contributed by atoms with Gasteiger partial charge in [0.15, 0.2) is 0 Å². The predicted molar refractivity (Wildman–Crippen MR) is 51.1 cm³/mol. The van der Waals surface area contributed by atoms with Gasteiger partial charge in [0.1, 0.15) is 5.21 Å². The van der Waals surface area contributed by atoms with Crippen molar-refractivity contribution in [2.75, 3.05) is 18.3 Å². The fourth-order valence-corrected chi connectivity index (χ4v) is 2.74. The number of hydrogen-bond acceptors (Lipinski definition) is 3. The van der Waals surface area contributed by atoms with Gasteiger partial charge in [-0.3, -0.25) is 0 Å². The Balaban J connectivity index is 2.61. The number of aliphatic hydroxyl groups is 1. The summed E-state index contributed by atoms with van der Waals surface area (Å²) in [7, 11) is -3.28. The number of alkyl halides is 1. The van der Waals surface area contributed by atoms with E-state index >= 15 is 0 Å². The van der Waals surface area contributed by atoms with Crippen molar-refractivity contribution >= 4 is 21.6 Å². The molecule has 0 aliphatic carbocycles. The fourth-order valence-electron chi connectivity index (χ4n) is 1.40. The van der Waals surface area contributed by atoms with E-state index in [-0.39, 0.29) is 11.3 Å². The van der Waals surface area contributed by atoms with Crippen molar-refractivity contribution in [2.24, 2.45) is 0 Å². The maximum Gasteiger partial charge on any atom is 0.228 e. The van der Waals surface area contributed by atoms with Gasteiger partial charge in [-0.15, -0.1) is 11.6 Å². The van der Waals surface area contributed by atoms with E-state index in [0.29, 0.717) is 32.4 Å². The Morgan fingerprint density at radius 2 is 2.08 bits per heavy atom. The lowest BCUT2D eigenvalue weighted by Crippen LogP contribution is -2.32. The molecule has 1 saturated heterocycles.